The lowest BCUT2D eigenvalue weighted by molar-refractivity contribution is 0.0970. The summed E-state index contributed by atoms with van der Waals surface area (Å²) < 4.78 is 0. The molecule has 1 saturated carbocycles. The third-order valence-electron chi connectivity index (χ3n) is 5.94. The lowest BCUT2D eigenvalue weighted by atomic mass is 9.96. The smallest absolute Gasteiger partial charge is 0.317 e. The number of pyridine rings is 1. The standard InChI is InChI=1S/C19H30N6O/c26-19(21-16-6-2-1-3-7-16)25-11-9-24(10-12-25)18-13-17(22-23-18)15-5-4-8-20-14-15/h4-5,8,14,16-18,22-23H,1-3,6-7,9-13H2,(H,21,26). The minimum absolute atomic E-state index is 0.127. The molecule has 2 aliphatic heterocycles. The molecule has 1 aromatic rings. The number of urea groups is 1. The van der Waals surface area contributed by atoms with Gasteiger partial charge in [0.15, 0.2) is 0 Å². The summed E-state index contributed by atoms with van der Waals surface area (Å²) in [6.07, 6.45) is 11.1. The summed E-state index contributed by atoms with van der Waals surface area (Å²) in [4.78, 5) is 21.1. The zero-order valence-electron chi connectivity index (χ0n) is 15.4. The van der Waals surface area contributed by atoms with Crippen molar-refractivity contribution in [2.45, 2.75) is 56.8 Å². The molecule has 4 rings (SSSR count). The van der Waals surface area contributed by atoms with Gasteiger partial charge in [-0.25, -0.2) is 15.6 Å². The molecule has 3 fully saturated rings. The van der Waals surface area contributed by atoms with E-state index in [0.29, 0.717) is 18.2 Å². The SMILES string of the molecule is O=C(NC1CCCCC1)N1CCN(C2CC(c3cccnc3)NN2)CC1. The quantitative estimate of drug-likeness (QED) is 0.766. The second kappa shape index (κ2) is 8.33. The average molecular weight is 358 g/mol. The van der Waals surface area contributed by atoms with E-state index in [1.165, 1.54) is 24.8 Å². The Morgan fingerprint density at radius 2 is 1.92 bits per heavy atom. The molecule has 3 aliphatic rings. The molecule has 2 saturated heterocycles. The number of aromatic nitrogens is 1. The zero-order valence-corrected chi connectivity index (χ0v) is 15.4. The minimum atomic E-state index is 0.127. The Balaban J connectivity index is 1.23. The Morgan fingerprint density at radius 1 is 1.12 bits per heavy atom. The third-order valence-corrected chi connectivity index (χ3v) is 5.94. The lowest BCUT2D eigenvalue weighted by Crippen LogP contribution is -2.57. The van der Waals surface area contributed by atoms with E-state index in [1.807, 2.05) is 17.2 Å². The van der Waals surface area contributed by atoms with Gasteiger partial charge in [0, 0.05) is 44.6 Å². The summed E-state index contributed by atoms with van der Waals surface area (Å²) in [5.74, 6) is 0. The Hall–Kier alpha value is -1.70. The Kier molecular flexibility index (Phi) is 5.67. The molecular formula is C19H30N6O. The highest BCUT2D eigenvalue weighted by molar-refractivity contribution is 5.74. The van der Waals surface area contributed by atoms with Crippen LogP contribution >= 0.6 is 0 Å². The molecule has 0 bridgehead atoms. The monoisotopic (exact) mass is 358 g/mol. The predicted octanol–water partition coefficient (Wildman–Crippen LogP) is 1.61. The van der Waals surface area contributed by atoms with Crippen LogP contribution < -0.4 is 16.2 Å². The Bertz CT molecular complexity index is 583. The molecule has 1 aromatic heterocycles. The highest BCUT2D eigenvalue weighted by Crippen LogP contribution is 2.24. The molecule has 0 radical (unpaired) electrons. The lowest BCUT2D eigenvalue weighted by Gasteiger charge is -2.38. The Labute approximate surface area is 155 Å². The van der Waals surface area contributed by atoms with E-state index in [1.54, 1.807) is 6.20 Å². The van der Waals surface area contributed by atoms with Gasteiger partial charge in [0.25, 0.3) is 0 Å². The number of hydrogen-bond donors (Lipinski definition) is 3. The van der Waals surface area contributed by atoms with Crippen molar-refractivity contribution in [2.24, 2.45) is 0 Å². The van der Waals surface area contributed by atoms with Crippen LogP contribution in [0.25, 0.3) is 0 Å². The van der Waals surface area contributed by atoms with Crippen molar-refractivity contribution < 1.29 is 4.79 Å². The molecule has 2 unspecified atom stereocenters. The molecule has 7 heteroatoms. The first-order valence-corrected chi connectivity index (χ1v) is 10.00. The highest BCUT2D eigenvalue weighted by Gasteiger charge is 2.32. The number of carbonyl (C=O) groups excluding carboxylic acids is 1. The van der Waals surface area contributed by atoms with E-state index in [9.17, 15) is 4.79 Å². The van der Waals surface area contributed by atoms with Gasteiger partial charge < -0.3 is 10.2 Å². The van der Waals surface area contributed by atoms with Gasteiger partial charge in [-0.2, -0.15) is 0 Å². The summed E-state index contributed by atoms with van der Waals surface area (Å²) >= 11 is 0. The number of hydrazine groups is 1. The minimum Gasteiger partial charge on any atom is -0.335 e. The molecule has 3 heterocycles. The first-order valence-electron chi connectivity index (χ1n) is 10.00. The molecular weight excluding hydrogens is 328 g/mol. The van der Waals surface area contributed by atoms with E-state index in [-0.39, 0.29) is 6.03 Å². The van der Waals surface area contributed by atoms with Crippen LogP contribution in [0.2, 0.25) is 0 Å². The fraction of sp³-hybridized carbons (Fsp3) is 0.684. The van der Waals surface area contributed by atoms with Gasteiger partial charge in [0.2, 0.25) is 0 Å². The summed E-state index contributed by atoms with van der Waals surface area (Å²) in [5, 5.41) is 3.24. The molecule has 7 nitrogen and oxygen atoms in total. The van der Waals surface area contributed by atoms with Crippen LogP contribution in [-0.2, 0) is 0 Å². The second-order valence-corrected chi connectivity index (χ2v) is 7.69. The van der Waals surface area contributed by atoms with Crippen LogP contribution in [0.3, 0.4) is 0 Å². The normalized spacial score (nSPS) is 28.2. The molecule has 3 N–H and O–H groups in total. The van der Waals surface area contributed by atoms with Crippen molar-refractivity contribution in [3.05, 3.63) is 30.1 Å². The largest absolute Gasteiger partial charge is 0.335 e. The first-order chi connectivity index (χ1) is 12.8. The number of nitrogens with one attached hydrogen (secondary N) is 3. The van der Waals surface area contributed by atoms with Gasteiger partial charge >= 0.3 is 6.03 Å². The fourth-order valence-electron chi connectivity index (χ4n) is 4.33. The second-order valence-electron chi connectivity index (χ2n) is 7.69. The zero-order chi connectivity index (χ0) is 17.8. The van der Waals surface area contributed by atoms with Crippen molar-refractivity contribution in [1.82, 2.24) is 31.0 Å². The third kappa shape index (κ3) is 4.16. The number of carbonyl (C=O) groups is 1. The summed E-state index contributed by atoms with van der Waals surface area (Å²) in [6.45, 7) is 3.43. The van der Waals surface area contributed by atoms with Crippen LogP contribution in [0.1, 0.15) is 50.1 Å². The van der Waals surface area contributed by atoms with Crippen LogP contribution in [0.5, 0.6) is 0 Å². The van der Waals surface area contributed by atoms with Gasteiger partial charge in [-0.15, -0.1) is 0 Å². The molecule has 2 atom stereocenters. The summed E-state index contributed by atoms with van der Waals surface area (Å²) in [7, 11) is 0. The molecule has 142 valence electrons. The van der Waals surface area contributed by atoms with E-state index >= 15 is 0 Å². The maximum atomic E-state index is 12.5. The molecule has 2 amide bonds. The first kappa shape index (κ1) is 17.7. The summed E-state index contributed by atoms with van der Waals surface area (Å²) in [6, 6.07) is 4.90. The van der Waals surface area contributed by atoms with E-state index in [4.69, 9.17) is 0 Å². The molecule has 1 aliphatic carbocycles. The predicted molar refractivity (Wildman–Crippen MR) is 100 cm³/mol. The van der Waals surface area contributed by atoms with E-state index in [0.717, 1.165) is 45.4 Å². The van der Waals surface area contributed by atoms with Crippen molar-refractivity contribution in [2.75, 3.05) is 26.2 Å². The van der Waals surface area contributed by atoms with Gasteiger partial charge in [-0.1, -0.05) is 25.3 Å². The van der Waals surface area contributed by atoms with Crippen LogP contribution in [-0.4, -0.2) is 59.2 Å². The average Bonchev–Trinajstić information content (AvgIpc) is 3.20. The fourth-order valence-corrected chi connectivity index (χ4v) is 4.33. The number of nitrogens with zero attached hydrogens (tertiary/aromatic N) is 3. The number of rotatable bonds is 3. The van der Waals surface area contributed by atoms with Crippen molar-refractivity contribution in [3.8, 4) is 0 Å². The molecule has 26 heavy (non-hydrogen) atoms. The topological polar surface area (TPSA) is 72.5 Å². The molecule has 0 aromatic carbocycles. The summed E-state index contributed by atoms with van der Waals surface area (Å²) in [5.41, 5.74) is 8.01. The molecule has 0 spiro atoms. The maximum absolute atomic E-state index is 12.5. The van der Waals surface area contributed by atoms with Gasteiger partial charge in [0.1, 0.15) is 0 Å². The number of amides is 2. The van der Waals surface area contributed by atoms with Crippen molar-refractivity contribution in [1.29, 1.82) is 0 Å². The van der Waals surface area contributed by atoms with Crippen LogP contribution in [0.4, 0.5) is 4.79 Å². The van der Waals surface area contributed by atoms with Crippen LogP contribution in [0.15, 0.2) is 24.5 Å². The Morgan fingerprint density at radius 3 is 2.65 bits per heavy atom. The van der Waals surface area contributed by atoms with E-state index < -0.39 is 0 Å². The van der Waals surface area contributed by atoms with Crippen molar-refractivity contribution in [3.63, 3.8) is 0 Å². The highest BCUT2D eigenvalue weighted by atomic mass is 16.2. The van der Waals surface area contributed by atoms with E-state index in [2.05, 4.69) is 32.1 Å². The maximum Gasteiger partial charge on any atom is 0.317 e. The van der Waals surface area contributed by atoms with Gasteiger partial charge in [-0.05, 0) is 30.9 Å². The van der Waals surface area contributed by atoms with Crippen molar-refractivity contribution >= 4 is 6.03 Å². The number of piperazine rings is 1. The number of hydrogen-bond acceptors (Lipinski definition) is 5. The van der Waals surface area contributed by atoms with Crippen LogP contribution in [0, 0.1) is 0 Å². The van der Waals surface area contributed by atoms with Gasteiger partial charge in [-0.3, -0.25) is 9.88 Å². The van der Waals surface area contributed by atoms with Gasteiger partial charge in [0.05, 0.1) is 12.2 Å².